The molecule has 19 heavy (non-hydrogen) atoms. The minimum absolute atomic E-state index is 0.439. The molecule has 96 valence electrons. The lowest BCUT2D eigenvalue weighted by molar-refractivity contribution is 1.23. The first-order chi connectivity index (χ1) is 9.06. The number of fused-ring (bicyclic) bond motifs is 1. The van der Waals surface area contributed by atoms with E-state index in [-0.39, 0.29) is 0 Å². The van der Waals surface area contributed by atoms with Gasteiger partial charge in [0.1, 0.15) is 5.15 Å². The van der Waals surface area contributed by atoms with E-state index in [0.29, 0.717) is 16.0 Å². The molecule has 2 heterocycles. The van der Waals surface area contributed by atoms with Crippen molar-refractivity contribution in [3.05, 3.63) is 43.8 Å². The van der Waals surface area contributed by atoms with Gasteiger partial charge in [0.05, 0.1) is 15.4 Å². The Morgan fingerprint density at radius 3 is 2.68 bits per heavy atom. The van der Waals surface area contributed by atoms with E-state index in [1.807, 2.05) is 30.5 Å². The van der Waals surface area contributed by atoms with Crippen LogP contribution in [-0.4, -0.2) is 9.97 Å². The fourth-order valence-electron chi connectivity index (χ4n) is 1.88. The van der Waals surface area contributed by atoms with Crippen LogP contribution in [0.2, 0.25) is 10.2 Å². The number of benzene rings is 1. The molecule has 0 saturated carbocycles. The molecular weight excluding hydrogens is 367 g/mol. The molecule has 6 heteroatoms. The van der Waals surface area contributed by atoms with Crippen molar-refractivity contribution in [3.63, 3.8) is 0 Å². The minimum Gasteiger partial charge on any atom is -0.227 e. The molecule has 2 aromatic heterocycles. The largest absolute Gasteiger partial charge is 0.227 e. The predicted molar refractivity (Wildman–Crippen MR) is 85.3 cm³/mol. The van der Waals surface area contributed by atoms with E-state index >= 15 is 0 Å². The van der Waals surface area contributed by atoms with Crippen molar-refractivity contribution >= 4 is 61.4 Å². The van der Waals surface area contributed by atoms with E-state index < -0.39 is 0 Å². The lowest BCUT2D eigenvalue weighted by Crippen LogP contribution is -1.93. The SMILES string of the molecule is Cc1cc(Br)cc2c(Cl)nc(-c3sccc3Cl)nc12. The Hall–Kier alpha value is -0.680. The zero-order valence-corrected chi connectivity index (χ0v) is 13.7. The summed E-state index contributed by atoms with van der Waals surface area (Å²) in [5.41, 5.74) is 1.89. The van der Waals surface area contributed by atoms with Crippen LogP contribution in [0.25, 0.3) is 21.6 Å². The van der Waals surface area contributed by atoms with Crippen LogP contribution in [-0.2, 0) is 0 Å². The van der Waals surface area contributed by atoms with Crippen LogP contribution in [0.1, 0.15) is 5.56 Å². The van der Waals surface area contributed by atoms with Gasteiger partial charge >= 0.3 is 0 Å². The molecule has 0 bridgehead atoms. The van der Waals surface area contributed by atoms with E-state index in [4.69, 9.17) is 23.2 Å². The lowest BCUT2D eigenvalue weighted by Gasteiger charge is -2.06. The zero-order valence-electron chi connectivity index (χ0n) is 9.75. The quantitative estimate of drug-likeness (QED) is 0.508. The molecule has 1 aromatic carbocycles. The summed E-state index contributed by atoms with van der Waals surface area (Å²) < 4.78 is 0.963. The molecule has 2 nitrogen and oxygen atoms in total. The van der Waals surface area contributed by atoms with Crippen molar-refractivity contribution in [2.24, 2.45) is 0 Å². The van der Waals surface area contributed by atoms with Crippen molar-refractivity contribution < 1.29 is 0 Å². The van der Waals surface area contributed by atoms with Crippen LogP contribution < -0.4 is 0 Å². The van der Waals surface area contributed by atoms with Gasteiger partial charge in [0.15, 0.2) is 5.82 Å². The summed E-state index contributed by atoms with van der Waals surface area (Å²) in [6, 6.07) is 5.76. The molecule has 0 atom stereocenters. The van der Waals surface area contributed by atoms with Gasteiger partial charge in [-0.2, -0.15) is 0 Å². The molecule has 0 amide bonds. The maximum absolute atomic E-state index is 6.26. The number of nitrogens with zero attached hydrogens (tertiary/aromatic N) is 2. The molecule has 0 aliphatic carbocycles. The van der Waals surface area contributed by atoms with Gasteiger partial charge in [-0.15, -0.1) is 11.3 Å². The summed E-state index contributed by atoms with van der Waals surface area (Å²) in [5.74, 6) is 0.572. The summed E-state index contributed by atoms with van der Waals surface area (Å²) in [4.78, 5) is 9.78. The Labute approximate surface area is 132 Å². The average molecular weight is 374 g/mol. The Morgan fingerprint density at radius 1 is 1.21 bits per heavy atom. The molecule has 3 rings (SSSR count). The molecular formula is C13H7BrCl2N2S. The van der Waals surface area contributed by atoms with Gasteiger partial charge in [0.25, 0.3) is 0 Å². The lowest BCUT2D eigenvalue weighted by atomic mass is 10.1. The Kier molecular flexibility index (Phi) is 3.52. The second kappa shape index (κ2) is 5.02. The second-order valence-electron chi connectivity index (χ2n) is 4.05. The highest BCUT2D eigenvalue weighted by Crippen LogP contribution is 2.34. The molecule has 0 spiro atoms. The van der Waals surface area contributed by atoms with Gasteiger partial charge in [-0.1, -0.05) is 39.1 Å². The number of rotatable bonds is 1. The smallest absolute Gasteiger partial charge is 0.173 e. The first-order valence-electron chi connectivity index (χ1n) is 5.43. The molecule has 0 fully saturated rings. The molecule has 0 aliphatic rings. The highest BCUT2D eigenvalue weighted by molar-refractivity contribution is 9.10. The molecule has 0 aliphatic heterocycles. The van der Waals surface area contributed by atoms with E-state index in [1.54, 1.807) is 0 Å². The molecule has 0 N–H and O–H groups in total. The van der Waals surface area contributed by atoms with Gasteiger partial charge < -0.3 is 0 Å². The van der Waals surface area contributed by atoms with Gasteiger partial charge in [0, 0.05) is 9.86 Å². The molecule has 0 saturated heterocycles. The van der Waals surface area contributed by atoms with Crippen molar-refractivity contribution in [2.75, 3.05) is 0 Å². The number of halogens is 3. The van der Waals surface area contributed by atoms with Crippen LogP contribution in [0, 0.1) is 6.92 Å². The number of thiophene rings is 1. The Morgan fingerprint density at radius 2 is 2.00 bits per heavy atom. The van der Waals surface area contributed by atoms with Gasteiger partial charge in [-0.3, -0.25) is 0 Å². The Bertz CT molecular complexity index is 786. The summed E-state index contributed by atoms with van der Waals surface area (Å²) in [6.45, 7) is 2.00. The van der Waals surface area contributed by atoms with Gasteiger partial charge in [-0.25, -0.2) is 9.97 Å². The minimum atomic E-state index is 0.439. The molecule has 3 aromatic rings. The molecule has 0 unspecified atom stereocenters. The van der Waals surface area contributed by atoms with Crippen molar-refractivity contribution in [3.8, 4) is 10.7 Å². The summed E-state index contributed by atoms with van der Waals surface area (Å²) in [7, 11) is 0. The van der Waals surface area contributed by atoms with E-state index in [9.17, 15) is 0 Å². The number of hydrogen-bond donors (Lipinski definition) is 0. The summed E-state index contributed by atoms with van der Waals surface area (Å²) in [5, 5.41) is 3.84. The number of hydrogen-bond acceptors (Lipinski definition) is 3. The third-order valence-electron chi connectivity index (χ3n) is 2.73. The van der Waals surface area contributed by atoms with Crippen LogP contribution in [0.3, 0.4) is 0 Å². The third-order valence-corrected chi connectivity index (χ3v) is 4.81. The first-order valence-corrected chi connectivity index (χ1v) is 7.86. The standard InChI is InChI=1S/C13H7BrCl2N2S/c1-6-4-7(14)5-8-10(6)17-13(18-12(8)16)11-9(15)2-3-19-11/h2-5H,1H3. The van der Waals surface area contributed by atoms with E-state index in [0.717, 1.165) is 25.8 Å². The van der Waals surface area contributed by atoms with E-state index in [2.05, 4.69) is 25.9 Å². The average Bonchev–Trinajstić information content (AvgIpc) is 2.76. The first kappa shape index (κ1) is 13.3. The van der Waals surface area contributed by atoms with E-state index in [1.165, 1.54) is 11.3 Å². The highest BCUT2D eigenvalue weighted by Gasteiger charge is 2.13. The maximum atomic E-state index is 6.26. The van der Waals surface area contributed by atoms with Crippen LogP contribution in [0.15, 0.2) is 28.1 Å². The normalized spacial score (nSPS) is 11.2. The number of aryl methyl sites for hydroxylation is 1. The third kappa shape index (κ3) is 2.38. The summed E-state index contributed by atoms with van der Waals surface area (Å²) in [6.07, 6.45) is 0. The predicted octanol–water partition coefficient (Wildman–Crippen LogP) is 5.74. The van der Waals surface area contributed by atoms with Crippen LogP contribution in [0.4, 0.5) is 0 Å². The topological polar surface area (TPSA) is 25.8 Å². The van der Waals surface area contributed by atoms with Crippen LogP contribution >= 0.6 is 50.5 Å². The summed E-state index contributed by atoms with van der Waals surface area (Å²) >= 11 is 17.3. The molecule has 0 radical (unpaired) electrons. The van der Waals surface area contributed by atoms with Crippen molar-refractivity contribution in [1.82, 2.24) is 9.97 Å². The fraction of sp³-hybridized carbons (Fsp3) is 0.0769. The number of aromatic nitrogens is 2. The zero-order chi connectivity index (χ0) is 13.6. The van der Waals surface area contributed by atoms with Crippen LogP contribution in [0.5, 0.6) is 0 Å². The van der Waals surface area contributed by atoms with Gasteiger partial charge in [-0.05, 0) is 36.1 Å². The Balaban J connectivity index is 2.34. The monoisotopic (exact) mass is 372 g/mol. The fourth-order valence-corrected chi connectivity index (χ4v) is 3.75. The van der Waals surface area contributed by atoms with Gasteiger partial charge in [0.2, 0.25) is 0 Å². The van der Waals surface area contributed by atoms with Crippen molar-refractivity contribution in [2.45, 2.75) is 6.92 Å². The van der Waals surface area contributed by atoms with Crippen molar-refractivity contribution in [1.29, 1.82) is 0 Å². The second-order valence-corrected chi connectivity index (χ2v) is 6.65. The highest BCUT2D eigenvalue weighted by atomic mass is 79.9. The maximum Gasteiger partial charge on any atom is 0.173 e.